The lowest BCUT2D eigenvalue weighted by atomic mass is 9.86. The Labute approximate surface area is 146 Å². The summed E-state index contributed by atoms with van der Waals surface area (Å²) >= 11 is 0. The first-order valence-electron chi connectivity index (χ1n) is 8.88. The minimum absolute atomic E-state index is 0.181. The standard InChI is InChI=1S/C18H24N4O3/c1-3-22-16-9-8-13(10-15(16)20-21-22)18(24)25-11-17(23)19-14-7-5-4-6-12(14)2/h8-10,12,14H,3-7,11H2,1-2H3,(H,19,23). The topological polar surface area (TPSA) is 86.1 Å². The molecule has 0 spiro atoms. The molecule has 1 amide bonds. The number of hydrogen-bond donors (Lipinski definition) is 1. The van der Waals surface area contributed by atoms with E-state index in [1.54, 1.807) is 22.9 Å². The number of carbonyl (C=O) groups excluding carboxylic acids is 2. The van der Waals surface area contributed by atoms with Crippen molar-refractivity contribution in [1.82, 2.24) is 20.3 Å². The first-order valence-corrected chi connectivity index (χ1v) is 8.88. The van der Waals surface area contributed by atoms with E-state index in [0.717, 1.165) is 24.8 Å². The average Bonchev–Trinajstić information content (AvgIpc) is 3.04. The van der Waals surface area contributed by atoms with E-state index in [4.69, 9.17) is 4.74 Å². The van der Waals surface area contributed by atoms with E-state index in [0.29, 0.717) is 23.5 Å². The quantitative estimate of drug-likeness (QED) is 0.841. The van der Waals surface area contributed by atoms with Crippen LogP contribution in [0, 0.1) is 5.92 Å². The fraction of sp³-hybridized carbons (Fsp3) is 0.556. The lowest BCUT2D eigenvalue weighted by Gasteiger charge is -2.29. The van der Waals surface area contributed by atoms with Gasteiger partial charge >= 0.3 is 5.97 Å². The molecule has 2 aromatic rings. The van der Waals surface area contributed by atoms with E-state index in [-0.39, 0.29) is 18.6 Å². The number of nitrogens with one attached hydrogen (secondary N) is 1. The van der Waals surface area contributed by atoms with Gasteiger partial charge in [-0.1, -0.05) is 25.0 Å². The van der Waals surface area contributed by atoms with Crippen molar-refractivity contribution in [2.24, 2.45) is 5.92 Å². The van der Waals surface area contributed by atoms with E-state index >= 15 is 0 Å². The van der Waals surface area contributed by atoms with Gasteiger partial charge in [0.2, 0.25) is 0 Å². The van der Waals surface area contributed by atoms with Crippen LogP contribution < -0.4 is 5.32 Å². The molecule has 1 fully saturated rings. The van der Waals surface area contributed by atoms with Gasteiger partial charge in [-0.05, 0) is 43.9 Å². The van der Waals surface area contributed by atoms with Crippen molar-refractivity contribution in [3.63, 3.8) is 0 Å². The predicted octanol–water partition coefficient (Wildman–Crippen LogP) is 2.30. The van der Waals surface area contributed by atoms with Crippen LogP contribution in [-0.4, -0.2) is 39.5 Å². The summed E-state index contributed by atoms with van der Waals surface area (Å²) in [6, 6.07) is 5.28. The molecular weight excluding hydrogens is 320 g/mol. The third-order valence-electron chi connectivity index (χ3n) is 4.84. The summed E-state index contributed by atoms with van der Waals surface area (Å²) in [4.78, 5) is 24.2. The highest BCUT2D eigenvalue weighted by Gasteiger charge is 2.23. The number of hydrogen-bond acceptors (Lipinski definition) is 5. The minimum Gasteiger partial charge on any atom is -0.452 e. The summed E-state index contributed by atoms with van der Waals surface area (Å²) in [7, 11) is 0. The minimum atomic E-state index is -0.528. The number of ether oxygens (including phenoxy) is 1. The molecule has 134 valence electrons. The molecule has 7 nitrogen and oxygen atoms in total. The molecule has 25 heavy (non-hydrogen) atoms. The number of nitrogens with zero attached hydrogens (tertiary/aromatic N) is 3. The van der Waals surface area contributed by atoms with Gasteiger partial charge < -0.3 is 10.1 Å². The maximum absolute atomic E-state index is 12.2. The smallest absolute Gasteiger partial charge is 0.338 e. The van der Waals surface area contributed by atoms with Crippen LogP contribution in [0.5, 0.6) is 0 Å². The Hall–Kier alpha value is -2.44. The third-order valence-corrected chi connectivity index (χ3v) is 4.84. The third kappa shape index (κ3) is 3.97. The van der Waals surface area contributed by atoms with E-state index in [1.165, 1.54) is 6.42 Å². The predicted molar refractivity (Wildman–Crippen MR) is 93.0 cm³/mol. The van der Waals surface area contributed by atoms with Crippen LogP contribution in [0.2, 0.25) is 0 Å². The monoisotopic (exact) mass is 344 g/mol. The Kier molecular flexibility index (Phi) is 5.31. The van der Waals surface area contributed by atoms with Gasteiger partial charge in [0, 0.05) is 12.6 Å². The van der Waals surface area contributed by atoms with Crippen LogP contribution in [0.15, 0.2) is 18.2 Å². The molecule has 1 aliphatic rings. The fourth-order valence-corrected chi connectivity index (χ4v) is 3.33. The normalized spacial score (nSPS) is 20.4. The fourth-order valence-electron chi connectivity index (χ4n) is 3.33. The highest BCUT2D eigenvalue weighted by atomic mass is 16.5. The summed E-state index contributed by atoms with van der Waals surface area (Å²) in [5.41, 5.74) is 1.87. The van der Waals surface area contributed by atoms with Gasteiger partial charge in [0.1, 0.15) is 5.52 Å². The van der Waals surface area contributed by atoms with Crippen molar-refractivity contribution >= 4 is 22.9 Å². The lowest BCUT2D eigenvalue weighted by molar-refractivity contribution is -0.125. The Balaban J connectivity index is 1.56. The first kappa shape index (κ1) is 17.4. The molecule has 1 aromatic heterocycles. The maximum atomic E-state index is 12.2. The molecule has 7 heteroatoms. The number of esters is 1. The molecule has 3 rings (SSSR count). The Bertz CT molecular complexity index is 771. The van der Waals surface area contributed by atoms with Crippen LogP contribution in [-0.2, 0) is 16.1 Å². The zero-order chi connectivity index (χ0) is 17.8. The number of amides is 1. The average molecular weight is 344 g/mol. The zero-order valence-corrected chi connectivity index (χ0v) is 14.7. The second-order valence-electron chi connectivity index (χ2n) is 6.62. The molecule has 2 atom stereocenters. The van der Waals surface area contributed by atoms with Gasteiger partial charge in [-0.3, -0.25) is 4.79 Å². The molecular formula is C18H24N4O3. The number of carbonyl (C=O) groups is 2. The molecule has 1 saturated carbocycles. The summed E-state index contributed by atoms with van der Waals surface area (Å²) < 4.78 is 6.90. The molecule has 0 aliphatic heterocycles. The zero-order valence-electron chi connectivity index (χ0n) is 14.7. The van der Waals surface area contributed by atoms with Crippen molar-refractivity contribution in [2.45, 2.75) is 52.1 Å². The van der Waals surface area contributed by atoms with Crippen molar-refractivity contribution < 1.29 is 14.3 Å². The Morgan fingerprint density at radius 1 is 1.32 bits per heavy atom. The molecule has 2 unspecified atom stereocenters. The molecule has 1 aromatic carbocycles. The van der Waals surface area contributed by atoms with E-state index < -0.39 is 5.97 Å². The second kappa shape index (κ2) is 7.63. The van der Waals surface area contributed by atoms with Gasteiger partial charge in [0.15, 0.2) is 6.61 Å². The van der Waals surface area contributed by atoms with Gasteiger partial charge in [-0.2, -0.15) is 0 Å². The SMILES string of the molecule is CCn1nnc2cc(C(=O)OCC(=O)NC3CCCCC3C)ccc21. The summed E-state index contributed by atoms with van der Waals surface area (Å²) in [6.45, 7) is 4.57. The van der Waals surface area contributed by atoms with Crippen LogP contribution >= 0.6 is 0 Å². The Morgan fingerprint density at radius 3 is 2.88 bits per heavy atom. The number of aromatic nitrogens is 3. The van der Waals surface area contributed by atoms with E-state index in [9.17, 15) is 9.59 Å². The van der Waals surface area contributed by atoms with Gasteiger partial charge in [-0.15, -0.1) is 5.10 Å². The van der Waals surface area contributed by atoms with Gasteiger partial charge in [-0.25, -0.2) is 9.48 Å². The van der Waals surface area contributed by atoms with Crippen molar-refractivity contribution in [2.75, 3.05) is 6.61 Å². The molecule has 0 radical (unpaired) electrons. The van der Waals surface area contributed by atoms with Gasteiger partial charge in [0.25, 0.3) is 5.91 Å². The van der Waals surface area contributed by atoms with Crippen LogP contribution in [0.4, 0.5) is 0 Å². The van der Waals surface area contributed by atoms with Crippen LogP contribution in [0.1, 0.15) is 49.9 Å². The molecule has 0 bridgehead atoms. The molecule has 1 heterocycles. The highest BCUT2D eigenvalue weighted by Crippen LogP contribution is 2.23. The first-order chi connectivity index (χ1) is 12.1. The largest absolute Gasteiger partial charge is 0.452 e. The Morgan fingerprint density at radius 2 is 2.12 bits per heavy atom. The van der Waals surface area contributed by atoms with Gasteiger partial charge in [0.05, 0.1) is 11.1 Å². The van der Waals surface area contributed by atoms with E-state index in [2.05, 4.69) is 22.6 Å². The molecule has 1 N–H and O–H groups in total. The van der Waals surface area contributed by atoms with E-state index in [1.807, 2.05) is 6.92 Å². The number of aryl methyl sites for hydroxylation is 1. The van der Waals surface area contributed by atoms with Crippen molar-refractivity contribution in [1.29, 1.82) is 0 Å². The second-order valence-corrected chi connectivity index (χ2v) is 6.62. The van der Waals surface area contributed by atoms with Crippen LogP contribution in [0.3, 0.4) is 0 Å². The van der Waals surface area contributed by atoms with Crippen molar-refractivity contribution in [3.05, 3.63) is 23.8 Å². The number of benzene rings is 1. The molecule has 1 aliphatic carbocycles. The number of fused-ring (bicyclic) bond motifs is 1. The summed E-state index contributed by atoms with van der Waals surface area (Å²) in [5, 5.41) is 11.0. The maximum Gasteiger partial charge on any atom is 0.338 e. The lowest BCUT2D eigenvalue weighted by Crippen LogP contribution is -2.42. The molecule has 0 saturated heterocycles. The summed E-state index contributed by atoms with van der Waals surface area (Å²) in [6.07, 6.45) is 4.47. The van der Waals surface area contributed by atoms with Crippen LogP contribution in [0.25, 0.3) is 11.0 Å². The summed E-state index contributed by atoms with van der Waals surface area (Å²) in [5.74, 6) is -0.304. The number of rotatable bonds is 5. The highest BCUT2D eigenvalue weighted by molar-refractivity contribution is 5.94. The van der Waals surface area contributed by atoms with Crippen molar-refractivity contribution in [3.8, 4) is 0 Å².